The van der Waals surface area contributed by atoms with E-state index < -0.39 is 0 Å². The zero-order chi connectivity index (χ0) is 8.57. The molecule has 1 radical (unpaired) electrons. The number of hydrogen-bond acceptors (Lipinski definition) is 2. The van der Waals surface area contributed by atoms with Gasteiger partial charge in [0.25, 0.3) is 0 Å². The number of ketones is 2. The molecule has 0 spiro atoms. The summed E-state index contributed by atoms with van der Waals surface area (Å²) in [5, 5.41) is 0. The second kappa shape index (κ2) is 12.5. The van der Waals surface area contributed by atoms with Gasteiger partial charge in [-0.2, -0.15) is 0 Å². The van der Waals surface area contributed by atoms with E-state index >= 15 is 0 Å². The van der Waals surface area contributed by atoms with Crippen molar-refractivity contribution in [2.75, 3.05) is 0 Å². The van der Waals surface area contributed by atoms with E-state index in [1.54, 1.807) is 0 Å². The first-order valence-corrected chi connectivity index (χ1v) is 3.53. The summed E-state index contributed by atoms with van der Waals surface area (Å²) in [4.78, 5) is 19.6. The van der Waals surface area contributed by atoms with Crippen LogP contribution in [-0.4, -0.2) is 11.6 Å². The molecule has 0 aliphatic carbocycles. The predicted octanol–water partition coefficient (Wildman–Crippen LogP) is 1.97. The van der Waals surface area contributed by atoms with Crippen LogP contribution in [0.5, 0.6) is 0 Å². The van der Waals surface area contributed by atoms with Crippen molar-refractivity contribution in [1.82, 2.24) is 0 Å². The predicted molar refractivity (Wildman–Crippen MR) is 41.9 cm³/mol. The monoisotopic (exact) mass is 203 g/mol. The molecule has 2 nitrogen and oxygen atoms in total. The second-order valence-electron chi connectivity index (χ2n) is 2.15. The molecule has 0 aromatic heterocycles. The summed E-state index contributed by atoms with van der Waals surface area (Å²) in [6.45, 7) is 6.82. The van der Waals surface area contributed by atoms with Gasteiger partial charge >= 0.3 is 0 Å². The molecule has 0 aromatic rings. The normalized spacial score (nSPS) is 6.91. The molecule has 0 amide bonds. The van der Waals surface area contributed by atoms with Crippen LogP contribution in [0.15, 0.2) is 0 Å². The van der Waals surface area contributed by atoms with Crippen LogP contribution < -0.4 is 0 Å². The first kappa shape index (κ1) is 17.1. The number of hydrogen-bond donors (Lipinski definition) is 0. The summed E-state index contributed by atoms with van der Waals surface area (Å²) in [5.41, 5.74) is 0. The van der Waals surface area contributed by atoms with Crippen LogP contribution in [0.2, 0.25) is 0 Å². The van der Waals surface area contributed by atoms with E-state index in [0.717, 1.165) is 0 Å². The summed E-state index contributed by atoms with van der Waals surface area (Å²) in [6.07, 6.45) is 1.38. The maximum Gasteiger partial charge on any atom is 0.132 e. The third-order valence-electron chi connectivity index (χ3n) is 0.789. The Hall–Kier alpha value is -0.154. The quantitative estimate of drug-likeness (QED) is 0.687. The molecule has 0 rings (SSSR count). The summed E-state index contributed by atoms with van der Waals surface area (Å²) in [6, 6.07) is 0. The molecule has 3 heteroatoms. The summed E-state index contributed by atoms with van der Waals surface area (Å²) in [5.74, 6) is 0.509. The molecule has 0 fully saturated rings. The molecule has 0 heterocycles. The maximum absolute atomic E-state index is 10.2. The van der Waals surface area contributed by atoms with Crippen LogP contribution in [-0.2, 0) is 26.4 Å². The minimum atomic E-state index is 0. The first-order valence-electron chi connectivity index (χ1n) is 3.53. The van der Waals surface area contributed by atoms with Gasteiger partial charge in [-0.05, 0) is 13.8 Å². The van der Waals surface area contributed by atoms with Crippen LogP contribution >= 0.6 is 0 Å². The summed E-state index contributed by atoms with van der Waals surface area (Å²) >= 11 is 0. The fraction of sp³-hybridized carbons (Fsp3) is 0.750. The molecular formula is C8H16CoO2. The number of carbonyl (C=O) groups excluding carboxylic acids is 2. The Morgan fingerprint density at radius 1 is 1.00 bits per heavy atom. The van der Waals surface area contributed by atoms with Crippen molar-refractivity contribution < 1.29 is 26.4 Å². The van der Waals surface area contributed by atoms with Gasteiger partial charge in [0.15, 0.2) is 0 Å². The molecule has 0 aliphatic rings. The molecule has 0 saturated heterocycles. The molecule has 0 bridgehead atoms. The summed E-state index contributed by atoms with van der Waals surface area (Å²) < 4.78 is 0. The minimum absolute atomic E-state index is 0. The van der Waals surface area contributed by atoms with E-state index in [4.69, 9.17) is 0 Å². The molecular weight excluding hydrogens is 187 g/mol. The Balaban J connectivity index is -0.000000114. The van der Waals surface area contributed by atoms with Gasteiger partial charge in [0.1, 0.15) is 11.6 Å². The fourth-order valence-corrected chi connectivity index (χ4v) is 0.250. The number of Topliss-reactive ketones (excluding diaryl/α,β-unsaturated/α-hetero) is 2. The van der Waals surface area contributed by atoms with Gasteiger partial charge in [-0.3, -0.25) is 4.79 Å². The zero-order valence-electron chi connectivity index (χ0n) is 7.56. The largest absolute Gasteiger partial charge is 0.300 e. The molecule has 11 heavy (non-hydrogen) atoms. The third-order valence-corrected chi connectivity index (χ3v) is 0.789. The average molecular weight is 203 g/mol. The Morgan fingerprint density at radius 2 is 1.18 bits per heavy atom. The van der Waals surface area contributed by atoms with Crippen LogP contribution in [0.1, 0.15) is 40.5 Å². The van der Waals surface area contributed by atoms with Crippen molar-refractivity contribution in [2.24, 2.45) is 0 Å². The molecule has 69 valence electrons. The number of rotatable bonds is 2. The van der Waals surface area contributed by atoms with E-state index in [1.165, 1.54) is 13.8 Å². The SMILES string of the molecule is CC(C)=O.CCC(=O)CC.[Co]. The first-order chi connectivity index (χ1) is 4.54. The zero-order valence-corrected chi connectivity index (χ0v) is 8.61. The van der Waals surface area contributed by atoms with Crippen molar-refractivity contribution in [3.8, 4) is 0 Å². The van der Waals surface area contributed by atoms with Crippen molar-refractivity contribution in [2.45, 2.75) is 40.5 Å². The Bertz CT molecular complexity index is 101. The molecule has 0 aromatic carbocycles. The van der Waals surface area contributed by atoms with Crippen LogP contribution in [0, 0.1) is 0 Å². The van der Waals surface area contributed by atoms with Gasteiger partial charge in [0, 0.05) is 29.6 Å². The van der Waals surface area contributed by atoms with Gasteiger partial charge in [0.05, 0.1) is 0 Å². The molecule has 0 unspecified atom stereocenters. The Labute approximate surface area is 78.9 Å². The molecule has 0 saturated carbocycles. The third kappa shape index (κ3) is 41.0. The van der Waals surface area contributed by atoms with Crippen molar-refractivity contribution in [3.63, 3.8) is 0 Å². The standard InChI is InChI=1S/C5H10O.C3H6O.Co/c1-3-5(6)4-2;1-3(2)4;/h3-4H2,1-2H3;1-2H3;. The smallest absolute Gasteiger partial charge is 0.132 e. The van der Waals surface area contributed by atoms with Crippen LogP contribution in [0.3, 0.4) is 0 Å². The summed E-state index contributed by atoms with van der Waals surface area (Å²) in [7, 11) is 0. The van der Waals surface area contributed by atoms with Gasteiger partial charge in [-0.1, -0.05) is 13.8 Å². The van der Waals surface area contributed by atoms with Crippen molar-refractivity contribution >= 4 is 11.6 Å². The molecule has 0 aliphatic heterocycles. The van der Waals surface area contributed by atoms with E-state index in [2.05, 4.69) is 0 Å². The Morgan fingerprint density at radius 3 is 1.18 bits per heavy atom. The van der Waals surface area contributed by atoms with E-state index in [9.17, 15) is 9.59 Å². The van der Waals surface area contributed by atoms with E-state index in [0.29, 0.717) is 18.6 Å². The minimum Gasteiger partial charge on any atom is -0.300 e. The van der Waals surface area contributed by atoms with Crippen LogP contribution in [0.4, 0.5) is 0 Å². The topological polar surface area (TPSA) is 34.1 Å². The van der Waals surface area contributed by atoms with Crippen molar-refractivity contribution in [3.05, 3.63) is 0 Å². The van der Waals surface area contributed by atoms with E-state index in [-0.39, 0.29) is 22.6 Å². The van der Waals surface area contributed by atoms with Gasteiger partial charge in [0.2, 0.25) is 0 Å². The van der Waals surface area contributed by atoms with Gasteiger partial charge < -0.3 is 4.79 Å². The number of carbonyl (C=O) groups is 2. The second-order valence-corrected chi connectivity index (χ2v) is 2.15. The fourth-order valence-electron chi connectivity index (χ4n) is 0.250. The van der Waals surface area contributed by atoms with Crippen molar-refractivity contribution in [1.29, 1.82) is 0 Å². The van der Waals surface area contributed by atoms with Gasteiger partial charge in [-0.15, -0.1) is 0 Å². The van der Waals surface area contributed by atoms with E-state index in [1.807, 2.05) is 13.8 Å². The molecule has 0 atom stereocenters. The van der Waals surface area contributed by atoms with Crippen LogP contribution in [0.25, 0.3) is 0 Å². The van der Waals surface area contributed by atoms with Gasteiger partial charge in [-0.25, -0.2) is 0 Å². The maximum atomic E-state index is 10.2. The average Bonchev–Trinajstić information content (AvgIpc) is 1.85. The molecule has 0 N–H and O–H groups in total. The Kier molecular flexibility index (Phi) is 19.4.